The van der Waals surface area contributed by atoms with Gasteiger partial charge in [-0.25, -0.2) is 13.4 Å². The number of hydrogen-bond donors (Lipinski definition) is 2. The summed E-state index contributed by atoms with van der Waals surface area (Å²) in [4.78, 5) is 5.99. The van der Waals surface area contributed by atoms with Crippen LogP contribution in [0.5, 0.6) is 0 Å². The van der Waals surface area contributed by atoms with Gasteiger partial charge in [-0.15, -0.1) is 0 Å². The summed E-state index contributed by atoms with van der Waals surface area (Å²) in [5, 5.41) is 4.91. The second-order valence-electron chi connectivity index (χ2n) is 9.68. The molecule has 0 radical (unpaired) electrons. The third-order valence-corrected chi connectivity index (χ3v) is 9.67. The Morgan fingerprint density at radius 2 is 1.76 bits per heavy atom. The van der Waals surface area contributed by atoms with E-state index in [1.807, 2.05) is 19.1 Å². The smallest absolute Gasteiger partial charge is 0.262 e. The Morgan fingerprint density at radius 3 is 2.47 bits per heavy atom. The zero-order valence-corrected chi connectivity index (χ0v) is 22.5. The molecule has 0 unspecified atom stereocenters. The minimum absolute atomic E-state index is 0.0391. The molecule has 0 bridgehead atoms. The number of halogens is 1. The molecule has 3 aromatic rings. The highest BCUT2D eigenvalue weighted by Gasteiger charge is 2.31. The maximum atomic E-state index is 13.2. The molecule has 1 aliphatic rings. The highest BCUT2D eigenvalue weighted by molar-refractivity contribution is 7.92. The van der Waals surface area contributed by atoms with E-state index in [9.17, 15) is 8.42 Å². The molecule has 0 saturated heterocycles. The molecular weight excluding hydrogens is 486 g/mol. The highest BCUT2D eigenvalue weighted by atomic mass is 35.5. The molecule has 2 aromatic carbocycles. The van der Waals surface area contributed by atoms with Gasteiger partial charge in [0.1, 0.15) is 0 Å². The number of hydrogen-bond acceptors (Lipinski definition) is 5. The average Bonchev–Trinajstić information content (AvgIpc) is 3.15. The minimum atomic E-state index is -3.81. The van der Waals surface area contributed by atoms with Crippen LogP contribution in [0, 0.1) is 19.8 Å². The van der Waals surface area contributed by atoms with Gasteiger partial charge in [-0.05, 0) is 75.8 Å². The Balaban J connectivity index is 1.61. The zero-order chi connectivity index (χ0) is 24.5. The molecule has 8 heteroatoms. The van der Waals surface area contributed by atoms with E-state index in [0.29, 0.717) is 22.2 Å². The normalized spacial score (nSPS) is 15.3. The van der Waals surface area contributed by atoms with E-state index >= 15 is 0 Å². The lowest BCUT2D eigenvalue weighted by molar-refractivity contribution is 0.258. The summed E-state index contributed by atoms with van der Waals surface area (Å²) >= 11 is 7.75. The average molecular weight is 518 g/mol. The monoisotopic (exact) mass is 517 g/mol. The van der Waals surface area contributed by atoms with Crippen LogP contribution in [-0.2, 0) is 10.0 Å². The van der Waals surface area contributed by atoms with E-state index in [4.69, 9.17) is 16.6 Å². The van der Waals surface area contributed by atoms with Crippen molar-refractivity contribution in [3.63, 3.8) is 0 Å². The van der Waals surface area contributed by atoms with Gasteiger partial charge in [-0.3, -0.25) is 4.72 Å². The van der Waals surface area contributed by atoms with E-state index in [-0.39, 0.29) is 10.4 Å². The maximum absolute atomic E-state index is 13.2. The van der Waals surface area contributed by atoms with Gasteiger partial charge in [-0.2, -0.15) is 0 Å². The Bertz CT molecular complexity index is 1280. The van der Waals surface area contributed by atoms with Crippen LogP contribution in [0.3, 0.4) is 0 Å². The SMILES string of the molecule is Cc1ccc(-c2sc(NC(C)(C)C3CCCCC3)nc2C)cc1S(=O)(=O)Nc1ccccc1Cl. The predicted octanol–water partition coefficient (Wildman–Crippen LogP) is 7.65. The number of benzene rings is 2. The van der Waals surface area contributed by atoms with Crippen molar-refractivity contribution >= 4 is 43.8 Å². The molecule has 1 heterocycles. The lowest BCUT2D eigenvalue weighted by Crippen LogP contribution is -2.40. The third-order valence-electron chi connectivity index (χ3n) is 6.71. The number of para-hydroxylation sites is 1. The van der Waals surface area contributed by atoms with Crippen molar-refractivity contribution in [2.75, 3.05) is 10.0 Å². The second-order valence-corrected chi connectivity index (χ2v) is 12.7. The summed E-state index contributed by atoms with van der Waals surface area (Å²) in [6, 6.07) is 12.3. The molecule has 1 aliphatic carbocycles. The Kier molecular flexibility index (Phi) is 7.27. The van der Waals surface area contributed by atoms with Crippen molar-refractivity contribution in [3.8, 4) is 10.4 Å². The highest BCUT2D eigenvalue weighted by Crippen LogP contribution is 2.39. The van der Waals surface area contributed by atoms with Crippen LogP contribution in [0.25, 0.3) is 10.4 Å². The molecule has 34 heavy (non-hydrogen) atoms. The summed E-state index contributed by atoms with van der Waals surface area (Å²) < 4.78 is 29.1. The summed E-state index contributed by atoms with van der Waals surface area (Å²) in [7, 11) is -3.81. The Morgan fingerprint density at radius 1 is 1.06 bits per heavy atom. The number of rotatable bonds is 7. The molecule has 5 nitrogen and oxygen atoms in total. The van der Waals surface area contributed by atoms with Gasteiger partial charge in [0.25, 0.3) is 10.0 Å². The quantitative estimate of drug-likeness (QED) is 0.337. The predicted molar refractivity (Wildman–Crippen MR) is 144 cm³/mol. The van der Waals surface area contributed by atoms with E-state index < -0.39 is 10.0 Å². The molecule has 1 fully saturated rings. The summed E-state index contributed by atoms with van der Waals surface area (Å²) in [5.74, 6) is 0.626. The van der Waals surface area contributed by atoms with Crippen molar-refractivity contribution < 1.29 is 8.42 Å². The number of anilines is 2. The molecule has 0 aliphatic heterocycles. The van der Waals surface area contributed by atoms with E-state index in [1.165, 1.54) is 32.1 Å². The first kappa shape index (κ1) is 25.0. The number of aromatic nitrogens is 1. The molecule has 0 amide bonds. The summed E-state index contributed by atoms with van der Waals surface area (Å²) in [6.45, 7) is 8.29. The van der Waals surface area contributed by atoms with Crippen molar-refractivity contribution in [3.05, 3.63) is 58.7 Å². The third kappa shape index (κ3) is 5.42. The fourth-order valence-corrected chi connectivity index (χ4v) is 7.41. The molecule has 1 aromatic heterocycles. The number of thiazole rings is 1. The van der Waals surface area contributed by atoms with E-state index in [1.54, 1.807) is 48.6 Å². The Labute approximate surface area is 212 Å². The van der Waals surface area contributed by atoms with Crippen LogP contribution in [0.1, 0.15) is 57.2 Å². The molecule has 4 rings (SSSR count). The lowest BCUT2D eigenvalue weighted by Gasteiger charge is -2.37. The largest absolute Gasteiger partial charge is 0.356 e. The fraction of sp³-hybridized carbons (Fsp3) is 0.423. The topological polar surface area (TPSA) is 71.1 Å². The molecule has 182 valence electrons. The molecule has 0 spiro atoms. The Hall–Kier alpha value is -2.09. The van der Waals surface area contributed by atoms with Gasteiger partial charge in [0.15, 0.2) is 5.13 Å². The standard InChI is InChI=1S/C26H32ClN3O2S2/c1-17-14-15-19(16-23(17)34(31,32)30-22-13-9-8-12-21(22)27)24-18(2)28-25(33-24)29-26(3,4)20-10-6-5-7-11-20/h8-9,12-16,20,30H,5-7,10-11H2,1-4H3,(H,28,29). The van der Waals surface area contributed by atoms with E-state index in [0.717, 1.165) is 21.3 Å². The van der Waals surface area contributed by atoms with Gasteiger partial charge < -0.3 is 5.32 Å². The minimum Gasteiger partial charge on any atom is -0.356 e. The lowest BCUT2D eigenvalue weighted by atomic mass is 9.77. The number of aryl methyl sites for hydroxylation is 2. The van der Waals surface area contributed by atoms with Crippen LogP contribution in [-0.4, -0.2) is 18.9 Å². The van der Waals surface area contributed by atoms with Gasteiger partial charge in [-0.1, -0.05) is 66.5 Å². The van der Waals surface area contributed by atoms with Crippen LogP contribution in [0.2, 0.25) is 5.02 Å². The zero-order valence-electron chi connectivity index (χ0n) is 20.1. The molecule has 1 saturated carbocycles. The summed E-state index contributed by atoms with van der Waals surface area (Å²) in [5.41, 5.74) is 2.71. The van der Waals surface area contributed by atoms with Crippen LogP contribution in [0.4, 0.5) is 10.8 Å². The number of sulfonamides is 1. The molecular formula is C26H32ClN3O2S2. The van der Waals surface area contributed by atoms with Crippen molar-refractivity contribution in [2.24, 2.45) is 5.92 Å². The van der Waals surface area contributed by atoms with Crippen LogP contribution < -0.4 is 10.0 Å². The van der Waals surface area contributed by atoms with Gasteiger partial charge >= 0.3 is 0 Å². The summed E-state index contributed by atoms with van der Waals surface area (Å²) in [6.07, 6.45) is 6.41. The van der Waals surface area contributed by atoms with Crippen LogP contribution >= 0.6 is 22.9 Å². The van der Waals surface area contributed by atoms with Gasteiger partial charge in [0.05, 0.1) is 26.2 Å². The number of nitrogens with zero attached hydrogens (tertiary/aromatic N) is 1. The number of nitrogens with one attached hydrogen (secondary N) is 2. The maximum Gasteiger partial charge on any atom is 0.262 e. The van der Waals surface area contributed by atoms with E-state index in [2.05, 4.69) is 23.9 Å². The fourth-order valence-electron chi connectivity index (χ4n) is 4.69. The first-order chi connectivity index (χ1) is 16.1. The second kappa shape index (κ2) is 9.88. The molecule has 2 N–H and O–H groups in total. The first-order valence-electron chi connectivity index (χ1n) is 11.7. The van der Waals surface area contributed by atoms with Crippen molar-refractivity contribution in [2.45, 2.75) is 70.2 Å². The van der Waals surface area contributed by atoms with Gasteiger partial charge in [0.2, 0.25) is 0 Å². The first-order valence-corrected chi connectivity index (χ1v) is 14.4. The van der Waals surface area contributed by atoms with Crippen molar-refractivity contribution in [1.29, 1.82) is 0 Å². The van der Waals surface area contributed by atoms with Crippen molar-refractivity contribution in [1.82, 2.24) is 4.98 Å². The molecule has 0 atom stereocenters. The van der Waals surface area contributed by atoms with Crippen LogP contribution in [0.15, 0.2) is 47.4 Å². The van der Waals surface area contributed by atoms with Gasteiger partial charge in [0, 0.05) is 5.54 Å².